The number of amides is 1. The van der Waals surface area contributed by atoms with E-state index in [4.69, 9.17) is 0 Å². The highest BCUT2D eigenvalue weighted by molar-refractivity contribution is 6.12. The number of aromatic nitrogens is 1. The largest absolute Gasteiger partial charge is 0.361 e. The lowest BCUT2D eigenvalue weighted by Gasteiger charge is -2.07. The lowest BCUT2D eigenvalue weighted by Crippen LogP contribution is -2.12. The predicted octanol–water partition coefficient (Wildman–Crippen LogP) is 3.87. The standard InChI is InChI=1S/C16H13FN2O/c1-10-5-6-11(9-14(10)17)19-16(20)13-3-2-4-15-12(13)7-8-18-15/h2-9,18H,1H3,(H,19,20). The van der Waals surface area contributed by atoms with Crippen molar-refractivity contribution in [3.8, 4) is 0 Å². The number of hydrogen-bond donors (Lipinski definition) is 2. The van der Waals surface area contributed by atoms with E-state index in [1.807, 2.05) is 18.2 Å². The van der Waals surface area contributed by atoms with Crippen molar-refractivity contribution in [3.05, 3.63) is 65.6 Å². The van der Waals surface area contributed by atoms with E-state index in [-0.39, 0.29) is 11.7 Å². The first kappa shape index (κ1) is 12.4. The van der Waals surface area contributed by atoms with E-state index in [1.165, 1.54) is 6.07 Å². The maximum Gasteiger partial charge on any atom is 0.256 e. The van der Waals surface area contributed by atoms with Crippen molar-refractivity contribution in [2.75, 3.05) is 5.32 Å². The Labute approximate surface area is 115 Å². The molecule has 0 aliphatic rings. The van der Waals surface area contributed by atoms with Crippen LogP contribution in [0.3, 0.4) is 0 Å². The van der Waals surface area contributed by atoms with E-state index in [9.17, 15) is 9.18 Å². The van der Waals surface area contributed by atoms with Crippen molar-refractivity contribution in [3.63, 3.8) is 0 Å². The third kappa shape index (κ3) is 2.16. The Kier molecular flexibility index (Phi) is 2.99. The SMILES string of the molecule is Cc1ccc(NC(=O)c2cccc3[nH]ccc23)cc1F. The molecule has 0 aliphatic carbocycles. The number of fused-ring (bicyclic) bond motifs is 1. The van der Waals surface area contributed by atoms with Crippen LogP contribution in [0.5, 0.6) is 0 Å². The second-order valence-electron chi connectivity index (χ2n) is 4.66. The fourth-order valence-corrected chi connectivity index (χ4v) is 2.15. The molecule has 0 aliphatic heterocycles. The Morgan fingerprint density at radius 1 is 1.20 bits per heavy atom. The Morgan fingerprint density at radius 2 is 2.05 bits per heavy atom. The highest BCUT2D eigenvalue weighted by atomic mass is 19.1. The van der Waals surface area contributed by atoms with Gasteiger partial charge in [0, 0.05) is 28.4 Å². The summed E-state index contributed by atoms with van der Waals surface area (Å²) >= 11 is 0. The second kappa shape index (κ2) is 4.81. The molecule has 3 aromatic rings. The summed E-state index contributed by atoms with van der Waals surface area (Å²) in [6.07, 6.45) is 1.78. The van der Waals surface area contributed by atoms with Crippen molar-refractivity contribution in [2.45, 2.75) is 6.92 Å². The maximum atomic E-state index is 13.5. The van der Waals surface area contributed by atoms with E-state index in [0.29, 0.717) is 16.8 Å². The molecule has 3 rings (SSSR count). The van der Waals surface area contributed by atoms with Crippen LogP contribution in [0.4, 0.5) is 10.1 Å². The van der Waals surface area contributed by atoms with Gasteiger partial charge in [-0.2, -0.15) is 0 Å². The monoisotopic (exact) mass is 268 g/mol. The summed E-state index contributed by atoms with van der Waals surface area (Å²) in [4.78, 5) is 15.3. The van der Waals surface area contributed by atoms with Gasteiger partial charge in [-0.3, -0.25) is 4.79 Å². The first-order chi connectivity index (χ1) is 9.65. The normalized spacial score (nSPS) is 10.7. The van der Waals surface area contributed by atoms with Crippen LogP contribution >= 0.6 is 0 Å². The van der Waals surface area contributed by atoms with Crippen LogP contribution in [0.25, 0.3) is 10.9 Å². The van der Waals surface area contributed by atoms with Gasteiger partial charge in [-0.1, -0.05) is 12.1 Å². The van der Waals surface area contributed by atoms with Crippen molar-refractivity contribution in [2.24, 2.45) is 0 Å². The van der Waals surface area contributed by atoms with Gasteiger partial charge in [0.25, 0.3) is 5.91 Å². The van der Waals surface area contributed by atoms with Gasteiger partial charge in [-0.25, -0.2) is 4.39 Å². The molecule has 0 radical (unpaired) electrons. The molecule has 0 bridgehead atoms. The molecular weight excluding hydrogens is 255 g/mol. The van der Waals surface area contributed by atoms with Crippen molar-refractivity contribution < 1.29 is 9.18 Å². The summed E-state index contributed by atoms with van der Waals surface area (Å²) in [5.74, 6) is -0.582. The summed E-state index contributed by atoms with van der Waals surface area (Å²) in [5, 5.41) is 3.56. The third-order valence-electron chi connectivity index (χ3n) is 3.27. The average molecular weight is 268 g/mol. The number of H-pyrrole nitrogens is 1. The topological polar surface area (TPSA) is 44.9 Å². The minimum absolute atomic E-state index is 0.251. The zero-order chi connectivity index (χ0) is 14.1. The van der Waals surface area contributed by atoms with Crippen LogP contribution in [-0.4, -0.2) is 10.9 Å². The van der Waals surface area contributed by atoms with Crippen molar-refractivity contribution in [1.29, 1.82) is 0 Å². The van der Waals surface area contributed by atoms with Crippen molar-refractivity contribution in [1.82, 2.24) is 4.98 Å². The molecule has 0 saturated carbocycles. The fourth-order valence-electron chi connectivity index (χ4n) is 2.15. The summed E-state index contributed by atoms with van der Waals surface area (Å²) in [6.45, 7) is 1.68. The Morgan fingerprint density at radius 3 is 2.85 bits per heavy atom. The summed E-state index contributed by atoms with van der Waals surface area (Å²) in [5.41, 5.74) is 2.46. The summed E-state index contributed by atoms with van der Waals surface area (Å²) < 4.78 is 13.5. The van der Waals surface area contributed by atoms with Gasteiger partial charge in [-0.15, -0.1) is 0 Å². The van der Waals surface area contributed by atoms with Crippen LogP contribution in [0.15, 0.2) is 48.7 Å². The van der Waals surface area contributed by atoms with Gasteiger partial charge in [0.1, 0.15) is 5.82 Å². The summed E-state index contributed by atoms with van der Waals surface area (Å²) in [6, 6.07) is 12.0. The van der Waals surface area contributed by atoms with Crippen LogP contribution in [0, 0.1) is 12.7 Å². The third-order valence-corrected chi connectivity index (χ3v) is 3.27. The van der Waals surface area contributed by atoms with Crippen LogP contribution in [0.2, 0.25) is 0 Å². The number of aryl methyl sites for hydroxylation is 1. The first-order valence-electron chi connectivity index (χ1n) is 6.29. The van der Waals surface area contributed by atoms with E-state index in [1.54, 1.807) is 31.3 Å². The van der Waals surface area contributed by atoms with Crippen LogP contribution in [-0.2, 0) is 0 Å². The molecule has 0 spiro atoms. The van der Waals surface area contributed by atoms with E-state index >= 15 is 0 Å². The second-order valence-corrected chi connectivity index (χ2v) is 4.66. The number of nitrogens with one attached hydrogen (secondary N) is 2. The predicted molar refractivity (Wildman–Crippen MR) is 77.4 cm³/mol. The molecule has 0 fully saturated rings. The molecule has 3 nitrogen and oxygen atoms in total. The minimum atomic E-state index is -0.331. The van der Waals surface area contributed by atoms with Crippen LogP contribution < -0.4 is 5.32 Å². The van der Waals surface area contributed by atoms with Gasteiger partial charge >= 0.3 is 0 Å². The number of aromatic amines is 1. The lowest BCUT2D eigenvalue weighted by molar-refractivity contribution is 0.102. The van der Waals surface area contributed by atoms with Gasteiger partial charge in [0.2, 0.25) is 0 Å². The highest BCUT2D eigenvalue weighted by Gasteiger charge is 2.11. The molecule has 0 atom stereocenters. The van der Waals surface area contributed by atoms with Gasteiger partial charge < -0.3 is 10.3 Å². The molecule has 20 heavy (non-hydrogen) atoms. The number of carbonyl (C=O) groups excluding carboxylic acids is 1. The van der Waals surface area contributed by atoms with E-state index in [0.717, 1.165) is 10.9 Å². The number of halogens is 1. The van der Waals surface area contributed by atoms with Gasteiger partial charge in [0.15, 0.2) is 0 Å². The fraction of sp³-hybridized carbons (Fsp3) is 0.0625. The quantitative estimate of drug-likeness (QED) is 0.728. The number of hydrogen-bond acceptors (Lipinski definition) is 1. The molecule has 4 heteroatoms. The van der Waals surface area contributed by atoms with Crippen LogP contribution in [0.1, 0.15) is 15.9 Å². The van der Waals surface area contributed by atoms with E-state index < -0.39 is 0 Å². The smallest absolute Gasteiger partial charge is 0.256 e. The van der Waals surface area contributed by atoms with Gasteiger partial charge in [0.05, 0.1) is 0 Å². The number of carbonyl (C=O) groups is 1. The lowest BCUT2D eigenvalue weighted by atomic mass is 10.1. The zero-order valence-electron chi connectivity index (χ0n) is 10.9. The average Bonchev–Trinajstić information content (AvgIpc) is 2.91. The molecule has 100 valence electrons. The number of rotatable bonds is 2. The Hall–Kier alpha value is -2.62. The molecule has 0 unspecified atom stereocenters. The molecule has 2 N–H and O–H groups in total. The molecule has 1 amide bonds. The zero-order valence-corrected chi connectivity index (χ0v) is 10.9. The Bertz CT molecular complexity index is 792. The molecular formula is C16H13FN2O. The molecule has 1 heterocycles. The summed E-state index contributed by atoms with van der Waals surface area (Å²) in [7, 11) is 0. The molecule has 1 aromatic heterocycles. The Balaban J connectivity index is 1.93. The molecule has 0 saturated heterocycles. The highest BCUT2D eigenvalue weighted by Crippen LogP contribution is 2.20. The van der Waals surface area contributed by atoms with Crippen molar-refractivity contribution >= 4 is 22.5 Å². The minimum Gasteiger partial charge on any atom is -0.361 e. The maximum absolute atomic E-state index is 13.5. The number of anilines is 1. The van der Waals surface area contributed by atoms with E-state index in [2.05, 4.69) is 10.3 Å². The molecule has 2 aromatic carbocycles. The van der Waals surface area contributed by atoms with Gasteiger partial charge in [-0.05, 0) is 42.8 Å². The number of benzene rings is 2. The first-order valence-corrected chi connectivity index (χ1v) is 6.29.